The van der Waals surface area contributed by atoms with Crippen LogP contribution in [-0.2, 0) is 27.8 Å². The largest absolute Gasteiger partial charge is 0.493 e. The summed E-state index contributed by atoms with van der Waals surface area (Å²) in [7, 11) is 1.47. The number of halogens is 1. The number of aromatic nitrogens is 1. The maximum absolute atomic E-state index is 13.6. The van der Waals surface area contributed by atoms with Crippen LogP contribution in [0.3, 0.4) is 0 Å². The molecule has 1 unspecified atom stereocenters. The second kappa shape index (κ2) is 14.6. The van der Waals surface area contributed by atoms with Gasteiger partial charge in [-0.1, -0.05) is 31.5 Å². The third-order valence-electron chi connectivity index (χ3n) is 12.0. The third-order valence-corrected chi connectivity index (χ3v) is 12.2. The highest BCUT2D eigenvalue weighted by atomic mass is 35.5. The first-order chi connectivity index (χ1) is 24.2. The zero-order chi connectivity index (χ0) is 34.9. The monoisotopic (exact) mass is 702 g/mol. The summed E-state index contributed by atoms with van der Waals surface area (Å²) < 4.78 is 24.7. The predicted molar refractivity (Wildman–Crippen MR) is 195 cm³/mol. The van der Waals surface area contributed by atoms with Crippen LogP contribution in [0.2, 0.25) is 5.02 Å². The minimum atomic E-state index is -0.855. The molecule has 50 heavy (non-hydrogen) atoms. The second-order valence-electron chi connectivity index (χ2n) is 15.3. The van der Waals surface area contributed by atoms with Crippen LogP contribution >= 0.6 is 11.6 Å². The van der Waals surface area contributed by atoms with Gasteiger partial charge < -0.3 is 29.4 Å². The smallest absolute Gasteiger partial charge is 0.331 e. The Morgan fingerprint density at radius 2 is 1.90 bits per heavy atom. The van der Waals surface area contributed by atoms with E-state index in [4.69, 9.17) is 30.5 Å². The number of fused-ring (bicyclic) bond motifs is 4. The van der Waals surface area contributed by atoms with Crippen molar-refractivity contribution in [1.29, 1.82) is 0 Å². The van der Waals surface area contributed by atoms with Gasteiger partial charge in [-0.3, -0.25) is 4.98 Å². The summed E-state index contributed by atoms with van der Waals surface area (Å²) in [6.45, 7) is 6.40. The number of carbonyl (C=O) groups is 1. The number of nitrogens with one attached hydrogen (secondary N) is 1. The number of rotatable bonds is 10. The van der Waals surface area contributed by atoms with E-state index in [2.05, 4.69) is 36.3 Å². The summed E-state index contributed by atoms with van der Waals surface area (Å²) in [5.41, 5.74) is 4.91. The quantitative estimate of drug-likeness (QED) is 0.205. The van der Waals surface area contributed by atoms with Gasteiger partial charge >= 0.3 is 5.97 Å². The van der Waals surface area contributed by atoms with E-state index in [-0.39, 0.29) is 23.9 Å². The zero-order valence-corrected chi connectivity index (χ0v) is 30.4. The summed E-state index contributed by atoms with van der Waals surface area (Å²) in [6, 6.07) is 14.0. The van der Waals surface area contributed by atoms with Crippen molar-refractivity contribution in [3.63, 3.8) is 0 Å². The van der Waals surface area contributed by atoms with E-state index in [1.54, 1.807) is 0 Å². The lowest BCUT2D eigenvalue weighted by atomic mass is 9.59. The molecule has 7 rings (SSSR count). The fraction of sp³-hybridized carbons (Fsp3) is 0.561. The van der Waals surface area contributed by atoms with Crippen molar-refractivity contribution in [3.8, 4) is 17.2 Å². The van der Waals surface area contributed by atoms with Gasteiger partial charge in [-0.05, 0) is 135 Å². The number of methoxy groups -OCH3 is 1. The molecule has 268 valence electrons. The van der Waals surface area contributed by atoms with Crippen molar-refractivity contribution in [3.05, 3.63) is 76.1 Å². The number of carbonyl (C=O) groups excluding carboxylic acids is 1. The van der Waals surface area contributed by atoms with Crippen LogP contribution in [0, 0.1) is 17.8 Å². The van der Waals surface area contributed by atoms with E-state index in [0.717, 1.165) is 55.0 Å². The summed E-state index contributed by atoms with van der Waals surface area (Å²) in [5.74, 6) is 3.59. The summed E-state index contributed by atoms with van der Waals surface area (Å²) in [5, 5.41) is 13.7. The highest BCUT2D eigenvalue weighted by Crippen LogP contribution is 2.58. The van der Waals surface area contributed by atoms with Crippen LogP contribution < -0.4 is 19.5 Å². The molecule has 0 saturated heterocycles. The molecule has 1 spiro atoms. The molecule has 2 N–H and O–H groups in total. The van der Waals surface area contributed by atoms with Crippen LogP contribution in [-0.4, -0.2) is 55.1 Å². The second-order valence-corrected chi connectivity index (χ2v) is 15.8. The van der Waals surface area contributed by atoms with Gasteiger partial charge in [-0.15, -0.1) is 0 Å². The topological polar surface area (TPSA) is 99.1 Å². The maximum atomic E-state index is 13.6. The number of anilines is 1. The molecule has 0 bridgehead atoms. The first kappa shape index (κ1) is 34.9. The van der Waals surface area contributed by atoms with Gasteiger partial charge in [0.15, 0.2) is 11.5 Å². The summed E-state index contributed by atoms with van der Waals surface area (Å²) in [6.07, 6.45) is 10.7. The standard InChI is InChI=1S/C41H51ClN2O6/c1-26(23-48-35-10-16-43-34-9-4-6-27(2)38(34)35)18-30-19-29-20-36-37(50-25-28(11-17-45)24-49-36)22-33(29)40(30)12-14-41(15-13-40,39(46)47-3)44-32-8-5-7-31(42)21-32/h5,7-8,10,16,20-22,26-28,30,44-45H,4,6,9,11-15,17-19,23-25H2,1-3H3/t26-,27-,28?,30+,40?,41?/m1/s1. The van der Waals surface area contributed by atoms with Gasteiger partial charge in [0.2, 0.25) is 0 Å². The highest BCUT2D eigenvalue weighted by Gasteiger charge is 2.55. The van der Waals surface area contributed by atoms with E-state index in [1.165, 1.54) is 42.3 Å². The molecular weight excluding hydrogens is 652 g/mol. The molecule has 1 saturated carbocycles. The SMILES string of the molecule is COC(=O)C1(Nc2cccc(Cl)c2)CCC2(CC1)c1cc3c(cc1C[C@@H]2C[C@@H](C)COc1ccnc2c1[C@H](C)CCC2)OCC(CCO)CO3. The van der Waals surface area contributed by atoms with E-state index in [9.17, 15) is 9.90 Å². The Balaban J connectivity index is 1.16. The van der Waals surface area contributed by atoms with E-state index >= 15 is 0 Å². The zero-order valence-electron chi connectivity index (χ0n) is 29.6. The first-order valence-electron chi connectivity index (χ1n) is 18.5. The molecule has 1 aliphatic heterocycles. The van der Waals surface area contributed by atoms with Crippen molar-refractivity contribution >= 4 is 23.3 Å². The average Bonchev–Trinajstić information content (AvgIpc) is 3.24. The fourth-order valence-electron chi connectivity index (χ4n) is 9.34. The number of ether oxygens (including phenoxy) is 4. The van der Waals surface area contributed by atoms with Crippen LogP contribution in [0.4, 0.5) is 5.69 Å². The minimum Gasteiger partial charge on any atom is -0.493 e. The van der Waals surface area contributed by atoms with Crippen LogP contribution in [0.25, 0.3) is 0 Å². The van der Waals surface area contributed by atoms with Crippen molar-refractivity contribution in [2.24, 2.45) is 17.8 Å². The lowest BCUT2D eigenvalue weighted by Gasteiger charge is -2.47. The van der Waals surface area contributed by atoms with Crippen molar-refractivity contribution in [2.45, 2.75) is 94.9 Å². The molecule has 2 heterocycles. The van der Waals surface area contributed by atoms with Crippen LogP contribution in [0.15, 0.2) is 48.7 Å². The van der Waals surface area contributed by atoms with Crippen LogP contribution in [0.1, 0.15) is 93.5 Å². The fourth-order valence-corrected chi connectivity index (χ4v) is 9.53. The molecule has 9 heteroatoms. The number of aliphatic hydroxyl groups is 1. The number of aliphatic hydroxyl groups excluding tert-OH is 1. The maximum Gasteiger partial charge on any atom is 0.331 e. The Hall–Kier alpha value is -3.49. The first-order valence-corrected chi connectivity index (χ1v) is 18.9. The van der Waals surface area contributed by atoms with E-state index < -0.39 is 5.54 Å². The number of nitrogens with zero attached hydrogens (tertiary/aromatic N) is 1. The molecule has 0 radical (unpaired) electrons. The Bertz CT molecular complexity index is 1690. The van der Waals surface area contributed by atoms with Crippen LogP contribution in [0.5, 0.6) is 17.2 Å². The van der Waals surface area contributed by atoms with Gasteiger partial charge in [0, 0.05) is 40.7 Å². The summed E-state index contributed by atoms with van der Waals surface area (Å²) in [4.78, 5) is 18.2. The van der Waals surface area contributed by atoms with Gasteiger partial charge in [0.05, 0.1) is 26.9 Å². The number of hydrogen-bond acceptors (Lipinski definition) is 8. The Kier molecular flexibility index (Phi) is 10.2. The predicted octanol–water partition coefficient (Wildman–Crippen LogP) is 8.06. The number of hydrogen-bond donors (Lipinski definition) is 2. The normalized spacial score (nSPS) is 27.5. The highest BCUT2D eigenvalue weighted by molar-refractivity contribution is 6.30. The Morgan fingerprint density at radius 3 is 2.64 bits per heavy atom. The summed E-state index contributed by atoms with van der Waals surface area (Å²) >= 11 is 6.34. The molecule has 4 atom stereocenters. The van der Waals surface area contributed by atoms with E-state index in [0.29, 0.717) is 61.9 Å². The minimum absolute atomic E-state index is 0.116. The molecule has 2 aromatic carbocycles. The molecule has 4 aliphatic rings. The molecule has 1 aromatic heterocycles. The molecule has 0 amide bonds. The lowest BCUT2D eigenvalue weighted by Crippen LogP contribution is -2.53. The molecule has 3 aromatic rings. The van der Waals surface area contributed by atoms with Gasteiger partial charge in [-0.25, -0.2) is 4.79 Å². The lowest BCUT2D eigenvalue weighted by molar-refractivity contribution is -0.148. The van der Waals surface area contributed by atoms with Crippen molar-refractivity contribution in [2.75, 3.05) is 38.9 Å². The van der Waals surface area contributed by atoms with Gasteiger partial charge in [0.1, 0.15) is 11.3 Å². The van der Waals surface area contributed by atoms with Crippen molar-refractivity contribution in [1.82, 2.24) is 4.98 Å². The third kappa shape index (κ3) is 6.78. The Morgan fingerprint density at radius 1 is 1.12 bits per heavy atom. The number of pyridine rings is 1. The molecular formula is C41H51ClN2O6. The average molecular weight is 703 g/mol. The number of aryl methyl sites for hydroxylation is 1. The molecule has 8 nitrogen and oxygen atoms in total. The van der Waals surface area contributed by atoms with E-state index in [1.807, 2.05) is 36.5 Å². The van der Waals surface area contributed by atoms with Gasteiger partial charge in [0.25, 0.3) is 0 Å². The number of benzene rings is 2. The van der Waals surface area contributed by atoms with Gasteiger partial charge in [-0.2, -0.15) is 0 Å². The molecule has 1 fully saturated rings. The van der Waals surface area contributed by atoms with Crippen molar-refractivity contribution < 1.29 is 28.8 Å². The number of esters is 1. The molecule has 3 aliphatic carbocycles. The Labute approximate surface area is 301 Å².